The fourth-order valence-electron chi connectivity index (χ4n) is 5.52. The van der Waals surface area contributed by atoms with Crippen molar-refractivity contribution >= 4 is 17.7 Å². The Kier molecular flexibility index (Phi) is 2.99. The van der Waals surface area contributed by atoms with Crippen molar-refractivity contribution in [3.8, 4) is 0 Å². The molecule has 2 aliphatic heterocycles. The third-order valence-electron chi connectivity index (χ3n) is 6.76. The number of amides is 3. The van der Waals surface area contributed by atoms with Gasteiger partial charge in [0.05, 0.1) is 25.0 Å². The molecule has 0 N–H and O–H groups in total. The number of allylic oxidation sites excluding steroid dienone is 2. The molecule has 0 aromatic rings. The Labute approximate surface area is 140 Å². The van der Waals surface area contributed by atoms with E-state index in [-0.39, 0.29) is 41.4 Å². The standard InChI is InChI=1S/C18H22N2O4/c1-9(16(21)19-4-6-24-7-5-19)20-17(22)14-10-2-3-11(13-8-12(10)13)15(14)18(20)23/h2-3,9-15H,4-8H2,1H3/t9-,10-,11+,12-,13+,14+,15-/m0/s1. The highest BCUT2D eigenvalue weighted by Crippen LogP contribution is 2.65. The molecule has 6 aliphatic rings. The molecule has 0 radical (unpaired) electrons. The maximum atomic E-state index is 13.0. The Hall–Kier alpha value is -1.69. The van der Waals surface area contributed by atoms with Gasteiger partial charge in [0.2, 0.25) is 17.7 Å². The van der Waals surface area contributed by atoms with Crippen LogP contribution in [0.15, 0.2) is 12.2 Å². The van der Waals surface area contributed by atoms with Gasteiger partial charge in [0.15, 0.2) is 0 Å². The molecule has 6 rings (SSSR count). The zero-order chi connectivity index (χ0) is 16.6. The third-order valence-corrected chi connectivity index (χ3v) is 6.76. The summed E-state index contributed by atoms with van der Waals surface area (Å²) in [5, 5.41) is 0. The van der Waals surface area contributed by atoms with Crippen LogP contribution in [0.25, 0.3) is 0 Å². The largest absolute Gasteiger partial charge is 0.378 e. The molecule has 0 aromatic carbocycles. The van der Waals surface area contributed by atoms with Crippen LogP contribution >= 0.6 is 0 Å². The molecule has 6 nitrogen and oxygen atoms in total. The lowest BCUT2D eigenvalue weighted by atomic mass is 9.63. The summed E-state index contributed by atoms with van der Waals surface area (Å²) in [5.74, 6) is 0.754. The quantitative estimate of drug-likeness (QED) is 0.539. The first-order valence-electron chi connectivity index (χ1n) is 9.01. The molecule has 4 aliphatic carbocycles. The molecule has 2 heterocycles. The lowest BCUT2D eigenvalue weighted by molar-refractivity contribution is -0.152. The van der Waals surface area contributed by atoms with Gasteiger partial charge in [-0.2, -0.15) is 0 Å². The van der Waals surface area contributed by atoms with Crippen LogP contribution in [0.2, 0.25) is 0 Å². The highest BCUT2D eigenvalue weighted by Gasteiger charge is 2.67. The topological polar surface area (TPSA) is 66.9 Å². The van der Waals surface area contributed by atoms with Gasteiger partial charge in [0.25, 0.3) is 0 Å². The average Bonchev–Trinajstić information content (AvgIpc) is 3.39. The van der Waals surface area contributed by atoms with Crippen molar-refractivity contribution in [1.82, 2.24) is 9.80 Å². The van der Waals surface area contributed by atoms with E-state index in [4.69, 9.17) is 4.74 Å². The van der Waals surface area contributed by atoms with Gasteiger partial charge in [-0.05, 0) is 37.0 Å². The van der Waals surface area contributed by atoms with Gasteiger partial charge in [-0.25, -0.2) is 0 Å². The first-order valence-corrected chi connectivity index (χ1v) is 9.01. The van der Waals surface area contributed by atoms with Gasteiger partial charge >= 0.3 is 0 Å². The van der Waals surface area contributed by atoms with Gasteiger partial charge < -0.3 is 9.64 Å². The van der Waals surface area contributed by atoms with Crippen molar-refractivity contribution < 1.29 is 19.1 Å². The van der Waals surface area contributed by atoms with E-state index < -0.39 is 6.04 Å². The van der Waals surface area contributed by atoms with E-state index in [2.05, 4.69) is 12.2 Å². The highest BCUT2D eigenvalue weighted by atomic mass is 16.5. The molecule has 24 heavy (non-hydrogen) atoms. The SMILES string of the molecule is C[C@@H](C(=O)N1CCOCC1)N1C(=O)[C@@H]2[C@H]3C=C[C@H]([C@H]4C[C@@H]34)[C@@H]2C1=O. The molecular weight excluding hydrogens is 308 g/mol. The Morgan fingerprint density at radius 3 is 2.17 bits per heavy atom. The Morgan fingerprint density at radius 2 is 1.62 bits per heavy atom. The number of carbonyl (C=O) groups excluding carboxylic acids is 3. The number of hydrogen-bond acceptors (Lipinski definition) is 4. The average molecular weight is 330 g/mol. The van der Waals surface area contributed by atoms with Crippen LogP contribution in [0.1, 0.15) is 13.3 Å². The molecule has 7 atom stereocenters. The van der Waals surface area contributed by atoms with Crippen molar-refractivity contribution in [3.63, 3.8) is 0 Å². The Morgan fingerprint density at radius 1 is 1.08 bits per heavy atom. The minimum atomic E-state index is -0.704. The molecule has 0 aromatic heterocycles. The van der Waals surface area contributed by atoms with E-state index in [0.717, 1.165) is 6.42 Å². The summed E-state index contributed by atoms with van der Waals surface area (Å²) in [4.78, 5) is 41.8. The first-order chi connectivity index (χ1) is 11.6. The van der Waals surface area contributed by atoms with Gasteiger partial charge in [-0.15, -0.1) is 0 Å². The van der Waals surface area contributed by atoms with E-state index in [1.807, 2.05) is 0 Å². The second-order valence-corrected chi connectivity index (χ2v) is 7.81. The molecular formula is C18H22N2O4. The maximum absolute atomic E-state index is 13.0. The number of morpholine rings is 1. The van der Waals surface area contributed by atoms with Crippen molar-refractivity contribution in [3.05, 3.63) is 12.2 Å². The number of hydrogen-bond donors (Lipinski definition) is 0. The minimum Gasteiger partial charge on any atom is -0.378 e. The van der Waals surface area contributed by atoms with Crippen LogP contribution in [0.4, 0.5) is 0 Å². The predicted octanol–water partition coefficient (Wildman–Crippen LogP) is 0.287. The van der Waals surface area contributed by atoms with Crippen LogP contribution in [0.3, 0.4) is 0 Å². The molecule has 0 unspecified atom stereocenters. The first kappa shape index (κ1) is 14.6. The van der Waals surface area contributed by atoms with Crippen LogP contribution < -0.4 is 0 Å². The summed E-state index contributed by atoms with van der Waals surface area (Å²) in [5.41, 5.74) is 0. The molecule has 4 fully saturated rings. The number of rotatable bonds is 2. The lowest BCUT2D eigenvalue weighted by Gasteiger charge is -2.37. The zero-order valence-corrected chi connectivity index (χ0v) is 13.8. The van der Waals surface area contributed by atoms with E-state index in [9.17, 15) is 14.4 Å². The van der Waals surface area contributed by atoms with E-state index >= 15 is 0 Å². The van der Waals surface area contributed by atoms with E-state index in [0.29, 0.717) is 38.1 Å². The summed E-state index contributed by atoms with van der Waals surface area (Å²) >= 11 is 0. The monoisotopic (exact) mass is 330 g/mol. The zero-order valence-electron chi connectivity index (χ0n) is 13.8. The fourth-order valence-corrected chi connectivity index (χ4v) is 5.52. The van der Waals surface area contributed by atoms with Gasteiger partial charge in [-0.3, -0.25) is 19.3 Å². The van der Waals surface area contributed by atoms with E-state index in [1.54, 1.807) is 11.8 Å². The second kappa shape index (κ2) is 4.91. The van der Waals surface area contributed by atoms with Crippen LogP contribution in [0.5, 0.6) is 0 Å². The van der Waals surface area contributed by atoms with Crippen molar-refractivity contribution in [1.29, 1.82) is 0 Å². The van der Waals surface area contributed by atoms with Crippen molar-refractivity contribution in [2.45, 2.75) is 19.4 Å². The smallest absolute Gasteiger partial charge is 0.245 e. The Bertz CT molecular complexity index is 617. The molecule has 6 heteroatoms. The number of likely N-dealkylation sites (tertiary alicyclic amines) is 1. The minimum absolute atomic E-state index is 0.121. The lowest BCUT2D eigenvalue weighted by Crippen LogP contribution is -2.52. The fraction of sp³-hybridized carbons (Fsp3) is 0.722. The molecule has 3 amide bonds. The summed E-state index contributed by atoms with van der Waals surface area (Å²) in [6.45, 7) is 3.79. The predicted molar refractivity (Wildman–Crippen MR) is 83.4 cm³/mol. The summed E-state index contributed by atoms with van der Waals surface area (Å²) in [6.07, 6.45) is 5.46. The van der Waals surface area contributed by atoms with Gasteiger partial charge in [0, 0.05) is 13.1 Å². The molecule has 2 saturated heterocycles. The number of ether oxygens (including phenoxy) is 1. The molecule has 0 spiro atoms. The second-order valence-electron chi connectivity index (χ2n) is 7.81. The number of carbonyl (C=O) groups is 3. The van der Waals surface area contributed by atoms with Gasteiger partial charge in [-0.1, -0.05) is 12.2 Å². The summed E-state index contributed by atoms with van der Waals surface area (Å²) in [7, 11) is 0. The van der Waals surface area contributed by atoms with Crippen molar-refractivity contribution in [2.24, 2.45) is 35.5 Å². The van der Waals surface area contributed by atoms with Crippen LogP contribution in [-0.4, -0.2) is 59.9 Å². The molecule has 2 bridgehead atoms. The normalized spacial score (nSPS) is 43.7. The third kappa shape index (κ3) is 1.78. The maximum Gasteiger partial charge on any atom is 0.245 e. The number of imide groups is 1. The van der Waals surface area contributed by atoms with Gasteiger partial charge in [0.1, 0.15) is 6.04 Å². The summed E-state index contributed by atoms with van der Waals surface area (Å²) in [6, 6.07) is -0.704. The molecule has 2 saturated carbocycles. The highest BCUT2D eigenvalue weighted by molar-refractivity contribution is 6.09. The summed E-state index contributed by atoms with van der Waals surface area (Å²) < 4.78 is 5.28. The Balaban J connectivity index is 1.40. The van der Waals surface area contributed by atoms with Crippen LogP contribution in [-0.2, 0) is 19.1 Å². The molecule has 128 valence electrons. The van der Waals surface area contributed by atoms with Crippen LogP contribution in [0, 0.1) is 35.5 Å². The van der Waals surface area contributed by atoms with Crippen molar-refractivity contribution in [2.75, 3.05) is 26.3 Å². The van der Waals surface area contributed by atoms with E-state index in [1.165, 1.54) is 4.90 Å². The number of nitrogens with zero attached hydrogens (tertiary/aromatic N) is 2.